The maximum atomic E-state index is 6.05. The predicted molar refractivity (Wildman–Crippen MR) is 68.4 cm³/mol. The van der Waals surface area contributed by atoms with Crippen LogP contribution in [-0.2, 0) is 0 Å². The lowest BCUT2D eigenvalue weighted by molar-refractivity contribution is 0.585. The Hall–Kier alpha value is -0.540. The zero-order chi connectivity index (χ0) is 11.0. The first-order valence-electron chi connectivity index (χ1n) is 5.44. The highest BCUT2D eigenvalue weighted by Crippen LogP contribution is 2.41. The topological polar surface area (TPSA) is 29.3 Å². The standard InChI is InChI=1S/C12H17BrN2/c1-3-15-7-9(8(2)14)12-10(13)5-4-6-11(12)15/h4-6,8-9H,3,7,14H2,1-2H3. The van der Waals surface area contributed by atoms with E-state index in [4.69, 9.17) is 5.73 Å². The van der Waals surface area contributed by atoms with E-state index >= 15 is 0 Å². The van der Waals surface area contributed by atoms with Crippen molar-refractivity contribution >= 4 is 21.6 Å². The van der Waals surface area contributed by atoms with Crippen LogP contribution in [0.2, 0.25) is 0 Å². The zero-order valence-corrected chi connectivity index (χ0v) is 10.8. The molecule has 2 atom stereocenters. The van der Waals surface area contributed by atoms with Crippen molar-refractivity contribution in [2.45, 2.75) is 25.8 Å². The molecule has 3 heteroatoms. The molecule has 0 fully saturated rings. The summed E-state index contributed by atoms with van der Waals surface area (Å²) in [6, 6.07) is 6.59. The van der Waals surface area contributed by atoms with Crippen LogP contribution < -0.4 is 10.6 Å². The first kappa shape index (κ1) is 11.0. The molecule has 2 rings (SSSR count). The van der Waals surface area contributed by atoms with Gasteiger partial charge in [-0.15, -0.1) is 0 Å². The average Bonchev–Trinajstić information content (AvgIpc) is 2.58. The van der Waals surface area contributed by atoms with Gasteiger partial charge in [0.05, 0.1) is 0 Å². The van der Waals surface area contributed by atoms with Gasteiger partial charge in [0.1, 0.15) is 0 Å². The third kappa shape index (κ3) is 1.79. The Bertz CT molecular complexity index is 363. The number of halogens is 1. The molecule has 82 valence electrons. The summed E-state index contributed by atoms with van der Waals surface area (Å²) < 4.78 is 1.19. The van der Waals surface area contributed by atoms with Crippen molar-refractivity contribution in [1.29, 1.82) is 0 Å². The minimum Gasteiger partial charge on any atom is -0.371 e. The molecule has 2 unspecified atom stereocenters. The minimum atomic E-state index is 0.207. The summed E-state index contributed by atoms with van der Waals surface area (Å²) in [6.45, 7) is 6.38. The molecule has 0 spiro atoms. The summed E-state index contributed by atoms with van der Waals surface area (Å²) in [7, 11) is 0. The zero-order valence-electron chi connectivity index (χ0n) is 9.20. The molecule has 15 heavy (non-hydrogen) atoms. The number of nitrogens with zero attached hydrogens (tertiary/aromatic N) is 1. The maximum Gasteiger partial charge on any atom is 0.0414 e. The van der Waals surface area contributed by atoms with Crippen LogP contribution in [0.1, 0.15) is 25.3 Å². The second-order valence-electron chi connectivity index (χ2n) is 4.18. The summed E-state index contributed by atoms with van der Waals surface area (Å²) >= 11 is 3.63. The first-order chi connectivity index (χ1) is 7.15. The van der Waals surface area contributed by atoms with Crippen molar-refractivity contribution in [3.8, 4) is 0 Å². The van der Waals surface area contributed by atoms with E-state index in [1.807, 2.05) is 0 Å². The Labute approximate surface area is 99.6 Å². The van der Waals surface area contributed by atoms with Gasteiger partial charge in [-0.1, -0.05) is 22.0 Å². The number of fused-ring (bicyclic) bond motifs is 1. The number of benzene rings is 1. The van der Waals surface area contributed by atoms with Crippen molar-refractivity contribution in [2.75, 3.05) is 18.0 Å². The van der Waals surface area contributed by atoms with Crippen LogP contribution in [0.5, 0.6) is 0 Å². The summed E-state index contributed by atoms with van der Waals surface area (Å²) in [6.07, 6.45) is 0. The molecule has 2 N–H and O–H groups in total. The molecule has 0 radical (unpaired) electrons. The molecule has 0 aromatic heterocycles. The van der Waals surface area contributed by atoms with Gasteiger partial charge in [0.15, 0.2) is 0 Å². The predicted octanol–water partition coefficient (Wildman–Crippen LogP) is 2.72. The highest BCUT2D eigenvalue weighted by Gasteiger charge is 2.31. The summed E-state index contributed by atoms with van der Waals surface area (Å²) in [5, 5.41) is 0. The molecule has 0 aliphatic carbocycles. The SMILES string of the molecule is CCN1CC(C(C)N)c2c(Br)cccc21. The lowest BCUT2D eigenvalue weighted by Crippen LogP contribution is -2.30. The fourth-order valence-corrected chi connectivity index (χ4v) is 2.97. The van der Waals surface area contributed by atoms with Crippen LogP contribution >= 0.6 is 15.9 Å². The third-order valence-electron chi connectivity index (χ3n) is 3.17. The van der Waals surface area contributed by atoms with Crippen molar-refractivity contribution in [3.63, 3.8) is 0 Å². The van der Waals surface area contributed by atoms with Gasteiger partial charge in [-0.3, -0.25) is 0 Å². The smallest absolute Gasteiger partial charge is 0.0414 e. The van der Waals surface area contributed by atoms with Gasteiger partial charge in [0, 0.05) is 35.2 Å². The van der Waals surface area contributed by atoms with Crippen molar-refractivity contribution in [1.82, 2.24) is 0 Å². The van der Waals surface area contributed by atoms with Crippen molar-refractivity contribution in [2.24, 2.45) is 5.73 Å². The quantitative estimate of drug-likeness (QED) is 0.894. The molecule has 0 bridgehead atoms. The molecule has 0 saturated heterocycles. The minimum absolute atomic E-state index is 0.207. The van der Waals surface area contributed by atoms with E-state index in [-0.39, 0.29) is 6.04 Å². The van der Waals surface area contributed by atoms with Crippen LogP contribution in [0.3, 0.4) is 0 Å². The highest BCUT2D eigenvalue weighted by atomic mass is 79.9. The fourth-order valence-electron chi connectivity index (χ4n) is 2.32. The molecule has 1 aromatic carbocycles. The molecule has 1 aromatic rings. The van der Waals surface area contributed by atoms with Crippen LogP contribution in [0, 0.1) is 0 Å². The highest BCUT2D eigenvalue weighted by molar-refractivity contribution is 9.10. The maximum absolute atomic E-state index is 6.05. The monoisotopic (exact) mass is 268 g/mol. The number of hydrogen-bond donors (Lipinski definition) is 1. The van der Waals surface area contributed by atoms with Crippen LogP contribution in [0.4, 0.5) is 5.69 Å². The Morgan fingerprint density at radius 3 is 2.93 bits per heavy atom. The third-order valence-corrected chi connectivity index (χ3v) is 3.87. The van der Waals surface area contributed by atoms with E-state index < -0.39 is 0 Å². The van der Waals surface area contributed by atoms with Crippen LogP contribution in [0.15, 0.2) is 22.7 Å². The van der Waals surface area contributed by atoms with Gasteiger partial charge in [-0.2, -0.15) is 0 Å². The van der Waals surface area contributed by atoms with E-state index in [1.165, 1.54) is 15.7 Å². The molecule has 2 nitrogen and oxygen atoms in total. The van der Waals surface area contributed by atoms with E-state index in [2.05, 4.69) is 52.9 Å². The summed E-state index contributed by atoms with van der Waals surface area (Å²) in [5.41, 5.74) is 8.78. The fraction of sp³-hybridized carbons (Fsp3) is 0.500. The van der Waals surface area contributed by atoms with Gasteiger partial charge >= 0.3 is 0 Å². The Morgan fingerprint density at radius 2 is 2.33 bits per heavy atom. The molecule has 1 heterocycles. The molecule has 1 aliphatic heterocycles. The van der Waals surface area contributed by atoms with Gasteiger partial charge in [-0.25, -0.2) is 0 Å². The normalized spacial score (nSPS) is 21.6. The lowest BCUT2D eigenvalue weighted by atomic mass is 9.95. The molecular weight excluding hydrogens is 252 g/mol. The van der Waals surface area contributed by atoms with Gasteiger partial charge < -0.3 is 10.6 Å². The van der Waals surface area contributed by atoms with Crippen LogP contribution in [-0.4, -0.2) is 19.1 Å². The van der Waals surface area contributed by atoms with Gasteiger partial charge in [-0.05, 0) is 31.5 Å². The average molecular weight is 269 g/mol. The van der Waals surface area contributed by atoms with Gasteiger partial charge in [0.25, 0.3) is 0 Å². The summed E-state index contributed by atoms with van der Waals surface area (Å²) in [5.74, 6) is 0.454. The number of rotatable bonds is 2. The Morgan fingerprint density at radius 1 is 1.60 bits per heavy atom. The number of hydrogen-bond acceptors (Lipinski definition) is 2. The van der Waals surface area contributed by atoms with Crippen molar-refractivity contribution in [3.05, 3.63) is 28.2 Å². The van der Waals surface area contributed by atoms with Crippen LogP contribution in [0.25, 0.3) is 0 Å². The van der Waals surface area contributed by atoms with E-state index in [1.54, 1.807) is 0 Å². The first-order valence-corrected chi connectivity index (χ1v) is 6.23. The molecule has 0 saturated carbocycles. The van der Waals surface area contributed by atoms with E-state index in [9.17, 15) is 0 Å². The second-order valence-corrected chi connectivity index (χ2v) is 5.03. The van der Waals surface area contributed by atoms with E-state index in [0.717, 1.165) is 13.1 Å². The van der Waals surface area contributed by atoms with Crippen molar-refractivity contribution < 1.29 is 0 Å². The Kier molecular flexibility index (Phi) is 3.03. The molecule has 0 amide bonds. The number of anilines is 1. The summed E-state index contributed by atoms with van der Waals surface area (Å²) in [4.78, 5) is 2.40. The van der Waals surface area contributed by atoms with Gasteiger partial charge in [0.2, 0.25) is 0 Å². The van der Waals surface area contributed by atoms with E-state index in [0.29, 0.717) is 5.92 Å². The number of likely N-dealkylation sites (N-methyl/N-ethyl adjacent to an activating group) is 1. The second kappa shape index (κ2) is 4.14. The molecular formula is C12H17BrN2. The largest absolute Gasteiger partial charge is 0.371 e. The number of nitrogens with two attached hydrogens (primary N) is 1. The lowest BCUT2D eigenvalue weighted by Gasteiger charge is -2.18. The molecule has 1 aliphatic rings. The Balaban J connectivity index is 2.48.